The molecule has 0 radical (unpaired) electrons. The summed E-state index contributed by atoms with van der Waals surface area (Å²) in [5, 5.41) is 11.9. The van der Waals surface area contributed by atoms with Gasteiger partial charge in [0.1, 0.15) is 0 Å². The van der Waals surface area contributed by atoms with Crippen molar-refractivity contribution in [3.8, 4) is 0 Å². The lowest BCUT2D eigenvalue weighted by atomic mass is 10.2. The van der Waals surface area contributed by atoms with Crippen LogP contribution in [-0.4, -0.2) is 42.4 Å². The molecule has 1 atom stereocenters. The summed E-state index contributed by atoms with van der Waals surface area (Å²) in [5.41, 5.74) is 0.894. The number of amides is 1. The number of aliphatic hydroxyl groups is 1. The lowest BCUT2D eigenvalue weighted by Gasteiger charge is -2.15. The summed E-state index contributed by atoms with van der Waals surface area (Å²) >= 11 is 0. The number of pyridine rings is 1. The predicted molar refractivity (Wildman–Crippen MR) is 68.1 cm³/mol. The van der Waals surface area contributed by atoms with Gasteiger partial charge in [0.05, 0.1) is 12.6 Å². The van der Waals surface area contributed by atoms with Crippen LogP contribution in [0.15, 0.2) is 24.4 Å². The maximum Gasteiger partial charge on any atom is 0.220 e. The third kappa shape index (κ3) is 5.75. The summed E-state index contributed by atoms with van der Waals surface area (Å²) < 4.78 is 4.91. The van der Waals surface area contributed by atoms with Crippen LogP contribution in [0.3, 0.4) is 0 Å². The number of nitrogens with one attached hydrogen (secondary N) is 1. The van der Waals surface area contributed by atoms with Crippen LogP contribution in [0.4, 0.5) is 0 Å². The molecule has 2 N–H and O–H groups in total. The van der Waals surface area contributed by atoms with Crippen molar-refractivity contribution >= 4 is 5.91 Å². The monoisotopic (exact) mass is 252 g/mol. The Balaban J connectivity index is 2.28. The Kier molecular flexibility index (Phi) is 6.98. The number of methoxy groups -OCH3 is 1. The Labute approximate surface area is 107 Å². The van der Waals surface area contributed by atoms with Gasteiger partial charge in [0, 0.05) is 32.0 Å². The number of carbonyl (C=O) groups excluding carboxylic acids is 1. The zero-order valence-electron chi connectivity index (χ0n) is 10.6. The van der Waals surface area contributed by atoms with Gasteiger partial charge in [-0.05, 0) is 25.0 Å². The van der Waals surface area contributed by atoms with Crippen LogP contribution >= 0.6 is 0 Å². The van der Waals surface area contributed by atoms with Crippen molar-refractivity contribution in [2.75, 3.05) is 20.3 Å². The molecule has 1 aromatic heterocycles. The summed E-state index contributed by atoms with van der Waals surface area (Å²) in [4.78, 5) is 15.8. The molecule has 1 amide bonds. The zero-order valence-corrected chi connectivity index (χ0v) is 10.6. The molecule has 0 aromatic carbocycles. The van der Waals surface area contributed by atoms with E-state index in [0.717, 1.165) is 5.69 Å². The van der Waals surface area contributed by atoms with Gasteiger partial charge < -0.3 is 15.2 Å². The average Bonchev–Trinajstić information content (AvgIpc) is 2.42. The highest BCUT2D eigenvalue weighted by Gasteiger charge is 2.11. The minimum atomic E-state index is -0.235. The van der Waals surface area contributed by atoms with E-state index in [9.17, 15) is 4.79 Å². The number of aryl methyl sites for hydroxylation is 1. The van der Waals surface area contributed by atoms with Crippen molar-refractivity contribution in [3.63, 3.8) is 0 Å². The van der Waals surface area contributed by atoms with Crippen molar-refractivity contribution in [2.45, 2.75) is 25.3 Å². The Bertz CT molecular complexity index is 343. The molecule has 0 aliphatic carbocycles. The number of aromatic nitrogens is 1. The van der Waals surface area contributed by atoms with E-state index >= 15 is 0 Å². The molecule has 1 heterocycles. The van der Waals surface area contributed by atoms with Crippen LogP contribution in [0, 0.1) is 0 Å². The number of hydrogen-bond acceptors (Lipinski definition) is 4. The van der Waals surface area contributed by atoms with E-state index in [0.29, 0.717) is 25.9 Å². The van der Waals surface area contributed by atoms with E-state index in [4.69, 9.17) is 9.84 Å². The fraction of sp³-hybridized carbons (Fsp3) is 0.538. The standard InChI is InChI=1S/C13H20N2O3/c1-18-9-7-12(10-16)15-13(17)6-5-11-4-2-3-8-14-11/h2-4,8,12,16H,5-7,9-10H2,1H3,(H,15,17). The molecule has 1 aromatic rings. The minimum absolute atomic E-state index is 0.0707. The van der Waals surface area contributed by atoms with Gasteiger partial charge in [-0.15, -0.1) is 0 Å². The van der Waals surface area contributed by atoms with Gasteiger partial charge in [0.25, 0.3) is 0 Å². The molecule has 0 bridgehead atoms. The van der Waals surface area contributed by atoms with E-state index in [1.165, 1.54) is 0 Å². The van der Waals surface area contributed by atoms with Gasteiger partial charge in [-0.1, -0.05) is 6.07 Å². The largest absolute Gasteiger partial charge is 0.394 e. The summed E-state index contributed by atoms with van der Waals surface area (Å²) in [6.07, 6.45) is 3.31. The van der Waals surface area contributed by atoms with Gasteiger partial charge in [-0.2, -0.15) is 0 Å². The van der Waals surface area contributed by atoms with Gasteiger partial charge in [-0.3, -0.25) is 9.78 Å². The normalized spacial score (nSPS) is 12.1. The quantitative estimate of drug-likeness (QED) is 0.708. The molecule has 0 fully saturated rings. The topological polar surface area (TPSA) is 71.5 Å². The molecule has 5 nitrogen and oxygen atoms in total. The van der Waals surface area contributed by atoms with Crippen LogP contribution < -0.4 is 5.32 Å². The van der Waals surface area contributed by atoms with E-state index in [-0.39, 0.29) is 18.6 Å². The Morgan fingerprint density at radius 1 is 1.56 bits per heavy atom. The number of rotatable bonds is 8. The molecule has 1 rings (SSSR count). The zero-order chi connectivity index (χ0) is 13.2. The lowest BCUT2D eigenvalue weighted by Crippen LogP contribution is -2.38. The van der Waals surface area contributed by atoms with Gasteiger partial charge >= 0.3 is 0 Å². The third-order valence-corrected chi connectivity index (χ3v) is 2.59. The number of carbonyl (C=O) groups is 1. The summed E-state index contributed by atoms with van der Waals surface area (Å²) in [6, 6.07) is 5.40. The second-order valence-electron chi connectivity index (χ2n) is 4.05. The average molecular weight is 252 g/mol. The highest BCUT2D eigenvalue weighted by atomic mass is 16.5. The lowest BCUT2D eigenvalue weighted by molar-refractivity contribution is -0.122. The molecule has 0 saturated carbocycles. The van der Waals surface area contributed by atoms with Crippen molar-refractivity contribution < 1.29 is 14.6 Å². The molecule has 100 valence electrons. The first-order valence-electron chi connectivity index (χ1n) is 6.05. The first kappa shape index (κ1) is 14.6. The number of ether oxygens (including phenoxy) is 1. The molecular formula is C13H20N2O3. The van der Waals surface area contributed by atoms with Crippen molar-refractivity contribution in [2.24, 2.45) is 0 Å². The summed E-state index contributed by atoms with van der Waals surface area (Å²) in [5.74, 6) is -0.0733. The fourth-order valence-corrected chi connectivity index (χ4v) is 1.56. The number of nitrogens with zero attached hydrogens (tertiary/aromatic N) is 1. The molecule has 5 heteroatoms. The number of aliphatic hydroxyl groups excluding tert-OH is 1. The minimum Gasteiger partial charge on any atom is -0.394 e. The maximum absolute atomic E-state index is 11.7. The molecule has 1 unspecified atom stereocenters. The van der Waals surface area contributed by atoms with Crippen LogP contribution in [0.1, 0.15) is 18.5 Å². The third-order valence-electron chi connectivity index (χ3n) is 2.59. The highest BCUT2D eigenvalue weighted by molar-refractivity contribution is 5.76. The van der Waals surface area contributed by atoms with Crippen molar-refractivity contribution in [1.82, 2.24) is 10.3 Å². The van der Waals surface area contributed by atoms with E-state index < -0.39 is 0 Å². The SMILES string of the molecule is COCCC(CO)NC(=O)CCc1ccccn1. The first-order chi connectivity index (χ1) is 8.76. The van der Waals surface area contributed by atoms with E-state index in [1.807, 2.05) is 18.2 Å². The second kappa shape index (κ2) is 8.60. The van der Waals surface area contributed by atoms with Crippen molar-refractivity contribution in [1.29, 1.82) is 0 Å². The second-order valence-corrected chi connectivity index (χ2v) is 4.05. The highest BCUT2D eigenvalue weighted by Crippen LogP contribution is 1.99. The molecule has 0 aliphatic rings. The number of hydrogen-bond donors (Lipinski definition) is 2. The maximum atomic E-state index is 11.7. The molecule has 0 aliphatic heterocycles. The van der Waals surface area contributed by atoms with E-state index in [1.54, 1.807) is 13.3 Å². The van der Waals surface area contributed by atoms with Gasteiger partial charge in [0.15, 0.2) is 0 Å². The van der Waals surface area contributed by atoms with Crippen molar-refractivity contribution in [3.05, 3.63) is 30.1 Å². The molecule has 0 saturated heterocycles. The predicted octanol–water partition coefficient (Wildman–Crippen LogP) is 0.528. The summed E-state index contributed by atoms with van der Waals surface area (Å²) in [7, 11) is 1.59. The van der Waals surface area contributed by atoms with Crippen LogP contribution in [0.25, 0.3) is 0 Å². The Hall–Kier alpha value is -1.46. The van der Waals surface area contributed by atoms with Gasteiger partial charge in [0.2, 0.25) is 5.91 Å². The van der Waals surface area contributed by atoms with Crippen LogP contribution in [-0.2, 0) is 16.0 Å². The van der Waals surface area contributed by atoms with E-state index in [2.05, 4.69) is 10.3 Å². The first-order valence-corrected chi connectivity index (χ1v) is 6.05. The van der Waals surface area contributed by atoms with Crippen LogP contribution in [0.5, 0.6) is 0 Å². The fourth-order valence-electron chi connectivity index (χ4n) is 1.56. The Morgan fingerprint density at radius 2 is 2.39 bits per heavy atom. The Morgan fingerprint density at radius 3 is 3.00 bits per heavy atom. The van der Waals surface area contributed by atoms with Crippen LogP contribution in [0.2, 0.25) is 0 Å². The molecular weight excluding hydrogens is 232 g/mol. The molecule has 18 heavy (non-hydrogen) atoms. The smallest absolute Gasteiger partial charge is 0.220 e. The molecule has 0 spiro atoms. The van der Waals surface area contributed by atoms with Gasteiger partial charge in [-0.25, -0.2) is 0 Å². The summed E-state index contributed by atoms with van der Waals surface area (Å²) in [6.45, 7) is 0.449.